The molecular weight excluding hydrogens is 580 g/mol. The zero-order valence-electron chi connectivity index (χ0n) is 28.1. The Bertz CT molecular complexity index is 1070. The van der Waals surface area contributed by atoms with Crippen LogP contribution in [-0.4, -0.2) is 113 Å². The summed E-state index contributed by atoms with van der Waals surface area (Å²) in [4.78, 5) is 27.6. The largest absolute Gasteiger partial charge is 0.457 e. The van der Waals surface area contributed by atoms with Crippen molar-refractivity contribution in [3.8, 4) is 0 Å². The summed E-state index contributed by atoms with van der Waals surface area (Å²) in [5.74, 6) is -0.833. The van der Waals surface area contributed by atoms with Crippen LogP contribution in [0, 0.1) is 11.8 Å². The molecule has 3 rings (SSSR count). The highest BCUT2D eigenvalue weighted by atomic mass is 16.6. The van der Waals surface area contributed by atoms with Crippen molar-refractivity contribution in [3.63, 3.8) is 0 Å². The Morgan fingerprint density at radius 1 is 1.31 bits per heavy atom. The number of carbonyl (C=O) groups is 2. The first-order valence-corrected chi connectivity index (χ1v) is 16.4. The van der Waals surface area contributed by atoms with Crippen LogP contribution < -0.4 is 5.32 Å². The lowest BCUT2D eigenvalue weighted by atomic mass is 9.88. The fraction of sp³-hybridized carbons (Fsp3) is 0.765. The van der Waals surface area contributed by atoms with Crippen molar-refractivity contribution in [1.29, 1.82) is 0 Å². The maximum Gasteiger partial charge on any atom is 0.410 e. The Kier molecular flexibility index (Phi) is 13.6. The minimum absolute atomic E-state index is 0.00213. The number of allylic oxidation sites excluding steroid dienone is 2. The van der Waals surface area contributed by atoms with Gasteiger partial charge < -0.3 is 44.5 Å². The molecule has 2 saturated heterocycles. The Labute approximate surface area is 268 Å². The Morgan fingerprint density at radius 3 is 2.64 bits per heavy atom. The van der Waals surface area contributed by atoms with E-state index in [1.807, 2.05) is 40.7 Å². The highest BCUT2D eigenvalue weighted by Crippen LogP contribution is 2.37. The highest BCUT2D eigenvalue weighted by Gasteiger charge is 2.47. The number of hydrogen-bond donors (Lipinski definition) is 4. The third-order valence-electron chi connectivity index (χ3n) is 9.42. The summed E-state index contributed by atoms with van der Waals surface area (Å²) in [5.41, 5.74) is -1.34. The van der Waals surface area contributed by atoms with Crippen LogP contribution in [0.25, 0.3) is 0 Å². The van der Waals surface area contributed by atoms with Crippen molar-refractivity contribution < 1.29 is 43.9 Å². The average molecular weight is 637 g/mol. The number of nitrogens with one attached hydrogen (secondary N) is 1. The zero-order valence-corrected chi connectivity index (χ0v) is 28.1. The van der Waals surface area contributed by atoms with Gasteiger partial charge in [-0.05, 0) is 51.7 Å². The normalized spacial score (nSPS) is 35.4. The predicted octanol–water partition coefficient (Wildman–Crippen LogP) is 3.27. The van der Waals surface area contributed by atoms with Crippen molar-refractivity contribution in [1.82, 2.24) is 10.2 Å². The van der Waals surface area contributed by atoms with E-state index in [-0.39, 0.29) is 36.9 Å². The summed E-state index contributed by atoms with van der Waals surface area (Å²) in [6, 6.07) is 0. The highest BCUT2D eigenvalue weighted by molar-refractivity contribution is 5.70. The summed E-state index contributed by atoms with van der Waals surface area (Å²) in [7, 11) is 1.55. The summed E-state index contributed by atoms with van der Waals surface area (Å²) in [5, 5.41) is 35.0. The first kappa shape index (κ1) is 37.2. The second-order valence-corrected chi connectivity index (χ2v) is 13.4. The van der Waals surface area contributed by atoms with Crippen LogP contribution in [0.2, 0.25) is 0 Å². The van der Waals surface area contributed by atoms with E-state index >= 15 is 0 Å². The Hall–Kier alpha value is -2.28. The molecular formula is C34H56N2O9. The molecule has 0 aromatic rings. The number of nitrogens with zero attached hydrogens (tertiary/aromatic N) is 1. The maximum absolute atomic E-state index is 13.1. The third kappa shape index (κ3) is 10.9. The van der Waals surface area contributed by atoms with Crippen LogP contribution in [-0.2, 0) is 23.7 Å². The van der Waals surface area contributed by atoms with Gasteiger partial charge in [-0.1, -0.05) is 45.1 Å². The number of cyclic esters (lactones) is 1. The van der Waals surface area contributed by atoms with E-state index in [4.69, 9.17) is 18.9 Å². The molecule has 11 nitrogen and oxygen atoms in total. The van der Waals surface area contributed by atoms with Crippen molar-refractivity contribution in [2.75, 3.05) is 33.3 Å². The molecule has 0 spiro atoms. The van der Waals surface area contributed by atoms with Crippen molar-refractivity contribution >= 4 is 12.1 Å². The number of carbonyl (C=O) groups excluding carboxylic acids is 2. The lowest BCUT2D eigenvalue weighted by Gasteiger charge is -2.37. The Morgan fingerprint density at radius 2 is 2.00 bits per heavy atom. The van der Waals surface area contributed by atoms with Crippen LogP contribution in [0.1, 0.15) is 73.6 Å². The van der Waals surface area contributed by atoms with Gasteiger partial charge in [0.25, 0.3) is 0 Å². The van der Waals surface area contributed by atoms with E-state index in [9.17, 15) is 24.9 Å². The molecule has 45 heavy (non-hydrogen) atoms. The van der Waals surface area contributed by atoms with Crippen LogP contribution in [0.4, 0.5) is 4.79 Å². The number of amides is 1. The molecule has 0 bridgehead atoms. The number of ether oxygens (including phenoxy) is 4. The lowest BCUT2D eigenvalue weighted by Crippen LogP contribution is -2.50. The zero-order chi connectivity index (χ0) is 33.4. The number of aliphatic hydroxyl groups excluding tert-OH is 2. The average Bonchev–Trinajstić information content (AvgIpc) is 3.77. The lowest BCUT2D eigenvalue weighted by molar-refractivity contribution is -0.151. The van der Waals surface area contributed by atoms with Gasteiger partial charge in [0.05, 0.1) is 36.4 Å². The topological polar surface area (TPSA) is 150 Å². The van der Waals surface area contributed by atoms with Gasteiger partial charge in [0.2, 0.25) is 0 Å². The SMILES string of the molecule is CCC(O)C(C)[C@@H]1O[C@H]1CC(C)(O)/C=C/C=C(\C)[C@H]1OC(=O)C[C@H](O)CC[C@@](C)(OC)[C@@H](OC(=O)N2CCNCC2)/C=C/[C@@H]1C. The molecule has 3 unspecified atom stereocenters. The summed E-state index contributed by atoms with van der Waals surface area (Å²) in [6.45, 7) is 13.7. The number of esters is 1. The number of rotatable bonds is 10. The minimum Gasteiger partial charge on any atom is -0.457 e. The smallest absolute Gasteiger partial charge is 0.410 e. The van der Waals surface area contributed by atoms with E-state index in [1.165, 1.54) is 0 Å². The number of methoxy groups -OCH3 is 1. The number of epoxide rings is 1. The molecule has 0 aromatic heterocycles. The fourth-order valence-electron chi connectivity index (χ4n) is 6.04. The van der Waals surface area contributed by atoms with Crippen LogP contribution in [0.15, 0.2) is 36.0 Å². The van der Waals surface area contributed by atoms with Gasteiger partial charge in [-0.2, -0.15) is 0 Å². The van der Waals surface area contributed by atoms with Crippen molar-refractivity contribution in [2.24, 2.45) is 11.8 Å². The summed E-state index contributed by atoms with van der Waals surface area (Å²) in [6.07, 6.45) is 6.95. The van der Waals surface area contributed by atoms with E-state index < -0.39 is 47.7 Å². The predicted molar refractivity (Wildman–Crippen MR) is 170 cm³/mol. The van der Waals surface area contributed by atoms with Gasteiger partial charge >= 0.3 is 12.1 Å². The first-order valence-electron chi connectivity index (χ1n) is 16.4. The summed E-state index contributed by atoms with van der Waals surface area (Å²) >= 11 is 0. The van der Waals surface area contributed by atoms with Crippen molar-refractivity contribution in [2.45, 2.75) is 121 Å². The van der Waals surface area contributed by atoms with Gasteiger partial charge in [-0.3, -0.25) is 4.79 Å². The second-order valence-electron chi connectivity index (χ2n) is 13.4. The van der Waals surface area contributed by atoms with Crippen LogP contribution in [0.5, 0.6) is 0 Å². The first-order chi connectivity index (χ1) is 21.2. The minimum atomic E-state index is -1.14. The standard InChI is InChI=1S/C34H56N2O9/c1-8-26(38)24(4)31-27(43-31)21-33(5,41)14-9-10-22(2)30-23(3)11-12-28(44-32(40)36-18-16-35-17-19-36)34(6,42-7)15-13-25(37)20-29(39)45-30/h9-12,14,23-28,30-31,35,37-38,41H,8,13,15-21H2,1-7H3/b12-11+,14-9+,22-10+/t23-,24?,25+,26?,27-,28-,30+,31-,33?,34+/m0/s1. The molecule has 3 aliphatic heterocycles. The van der Waals surface area contributed by atoms with Gasteiger partial charge in [0, 0.05) is 51.5 Å². The van der Waals surface area contributed by atoms with Gasteiger partial charge in [0.1, 0.15) is 11.7 Å². The second kappa shape index (κ2) is 16.5. The molecule has 256 valence electrons. The molecule has 1 amide bonds. The molecule has 0 aliphatic carbocycles. The monoisotopic (exact) mass is 636 g/mol. The van der Waals surface area contributed by atoms with E-state index in [1.54, 1.807) is 43.2 Å². The molecule has 3 aliphatic rings. The fourth-order valence-corrected chi connectivity index (χ4v) is 6.04. The maximum atomic E-state index is 13.1. The van der Waals surface area contributed by atoms with Gasteiger partial charge in [0.15, 0.2) is 6.10 Å². The third-order valence-corrected chi connectivity index (χ3v) is 9.42. The Balaban J connectivity index is 1.77. The molecule has 0 radical (unpaired) electrons. The van der Waals surface area contributed by atoms with Crippen molar-refractivity contribution in [3.05, 3.63) is 36.0 Å². The molecule has 10 atom stereocenters. The van der Waals surface area contributed by atoms with Crippen LogP contribution >= 0.6 is 0 Å². The quantitative estimate of drug-likeness (QED) is 0.122. The molecule has 0 saturated carbocycles. The number of aliphatic hydroxyl groups is 3. The van der Waals surface area contributed by atoms with Gasteiger partial charge in [-0.15, -0.1) is 0 Å². The van der Waals surface area contributed by atoms with Gasteiger partial charge in [-0.25, -0.2) is 4.79 Å². The number of piperazine rings is 1. The van der Waals surface area contributed by atoms with E-state index in [2.05, 4.69) is 5.32 Å². The molecule has 3 heterocycles. The molecule has 4 N–H and O–H groups in total. The van der Waals surface area contributed by atoms with Crippen LogP contribution in [0.3, 0.4) is 0 Å². The molecule has 11 heteroatoms. The van der Waals surface area contributed by atoms with E-state index in [0.717, 1.165) is 5.57 Å². The van der Waals surface area contributed by atoms with E-state index in [0.29, 0.717) is 45.4 Å². The molecule has 0 aromatic carbocycles. The number of hydrogen-bond acceptors (Lipinski definition) is 10. The molecule has 2 fully saturated rings. The summed E-state index contributed by atoms with van der Waals surface area (Å²) < 4.78 is 23.5.